The van der Waals surface area contributed by atoms with Crippen molar-refractivity contribution in [3.8, 4) is 0 Å². The van der Waals surface area contributed by atoms with Crippen LogP contribution >= 0.6 is 0 Å². The van der Waals surface area contributed by atoms with Crippen LogP contribution in [0.5, 0.6) is 0 Å². The lowest BCUT2D eigenvalue weighted by Crippen LogP contribution is -2.47. The van der Waals surface area contributed by atoms with Gasteiger partial charge in [0, 0.05) is 5.54 Å². The summed E-state index contributed by atoms with van der Waals surface area (Å²) in [6.45, 7) is 11.2. The molecule has 1 aromatic carbocycles. The molecule has 0 unspecified atom stereocenters. The highest BCUT2D eigenvalue weighted by Crippen LogP contribution is 2.32. The zero-order chi connectivity index (χ0) is 18.0. The standard InChI is InChI=1S/C17H28N2O3S/c1-12(2)14-10-8-9-13(3)16(14)19(23(7,21)22)11-15(20)18-17(4,5)6/h8-10,12H,11H2,1-7H3,(H,18,20). The smallest absolute Gasteiger partial charge is 0.241 e. The van der Waals surface area contributed by atoms with Gasteiger partial charge in [0.25, 0.3) is 0 Å². The quantitative estimate of drug-likeness (QED) is 0.896. The van der Waals surface area contributed by atoms with Gasteiger partial charge in [0.05, 0.1) is 11.9 Å². The van der Waals surface area contributed by atoms with Crippen molar-refractivity contribution in [2.24, 2.45) is 0 Å². The Morgan fingerprint density at radius 1 is 1.26 bits per heavy atom. The van der Waals surface area contributed by atoms with Gasteiger partial charge in [-0.1, -0.05) is 32.0 Å². The lowest BCUT2D eigenvalue weighted by molar-refractivity contribution is -0.121. The van der Waals surface area contributed by atoms with E-state index < -0.39 is 15.6 Å². The first kappa shape index (κ1) is 19.5. The zero-order valence-corrected chi connectivity index (χ0v) is 15.9. The lowest BCUT2D eigenvalue weighted by Gasteiger charge is -2.29. The molecule has 1 N–H and O–H groups in total. The minimum absolute atomic E-state index is 0.153. The third-order valence-corrected chi connectivity index (χ3v) is 4.45. The molecule has 0 radical (unpaired) electrons. The molecule has 0 aliphatic heterocycles. The fourth-order valence-electron chi connectivity index (χ4n) is 2.44. The molecule has 0 bridgehead atoms. The Balaban J connectivity index is 3.33. The van der Waals surface area contributed by atoms with E-state index in [0.29, 0.717) is 5.69 Å². The van der Waals surface area contributed by atoms with Crippen LogP contribution in [0.2, 0.25) is 0 Å². The number of aryl methyl sites for hydroxylation is 1. The van der Waals surface area contributed by atoms with Gasteiger partial charge in [-0.05, 0) is 44.7 Å². The van der Waals surface area contributed by atoms with Crippen LogP contribution in [0.15, 0.2) is 18.2 Å². The lowest BCUT2D eigenvalue weighted by atomic mass is 9.98. The summed E-state index contributed by atoms with van der Waals surface area (Å²) < 4.78 is 25.8. The van der Waals surface area contributed by atoms with Crippen molar-refractivity contribution in [1.82, 2.24) is 5.32 Å². The highest BCUT2D eigenvalue weighted by Gasteiger charge is 2.26. The molecule has 0 spiro atoms. The zero-order valence-electron chi connectivity index (χ0n) is 15.1. The first-order valence-electron chi connectivity index (χ1n) is 7.71. The fraction of sp³-hybridized carbons (Fsp3) is 0.588. The van der Waals surface area contributed by atoms with E-state index in [1.54, 1.807) is 0 Å². The summed E-state index contributed by atoms with van der Waals surface area (Å²) in [6, 6.07) is 5.68. The van der Waals surface area contributed by atoms with Crippen molar-refractivity contribution in [1.29, 1.82) is 0 Å². The number of anilines is 1. The van der Waals surface area contributed by atoms with Crippen molar-refractivity contribution in [3.05, 3.63) is 29.3 Å². The van der Waals surface area contributed by atoms with Crippen LogP contribution in [-0.4, -0.2) is 32.7 Å². The van der Waals surface area contributed by atoms with Crippen molar-refractivity contribution >= 4 is 21.6 Å². The van der Waals surface area contributed by atoms with Crippen LogP contribution < -0.4 is 9.62 Å². The molecule has 0 aromatic heterocycles. The van der Waals surface area contributed by atoms with Gasteiger partial charge in [0.15, 0.2) is 0 Å². The molecule has 0 aliphatic rings. The molecule has 0 heterocycles. The minimum Gasteiger partial charge on any atom is -0.350 e. The number of nitrogens with zero attached hydrogens (tertiary/aromatic N) is 1. The molecule has 1 aromatic rings. The van der Waals surface area contributed by atoms with Gasteiger partial charge in [-0.3, -0.25) is 9.10 Å². The summed E-state index contributed by atoms with van der Waals surface area (Å²) in [5, 5.41) is 2.81. The molecule has 23 heavy (non-hydrogen) atoms. The highest BCUT2D eigenvalue weighted by molar-refractivity contribution is 7.92. The van der Waals surface area contributed by atoms with Crippen LogP contribution in [0.1, 0.15) is 51.7 Å². The normalized spacial score (nSPS) is 12.3. The molecular weight excluding hydrogens is 312 g/mol. The average molecular weight is 340 g/mol. The van der Waals surface area contributed by atoms with Crippen LogP contribution in [-0.2, 0) is 14.8 Å². The van der Waals surface area contributed by atoms with E-state index >= 15 is 0 Å². The number of rotatable bonds is 5. The number of carbonyl (C=O) groups excluding carboxylic acids is 1. The number of hydrogen-bond donors (Lipinski definition) is 1. The Morgan fingerprint density at radius 2 is 1.83 bits per heavy atom. The number of hydrogen-bond acceptors (Lipinski definition) is 3. The van der Waals surface area contributed by atoms with Crippen LogP contribution in [0.3, 0.4) is 0 Å². The first-order chi connectivity index (χ1) is 10.3. The molecule has 1 amide bonds. The Labute approximate surface area is 140 Å². The van der Waals surface area contributed by atoms with Gasteiger partial charge < -0.3 is 5.32 Å². The van der Waals surface area contributed by atoms with Gasteiger partial charge in [-0.2, -0.15) is 0 Å². The molecular formula is C17H28N2O3S. The fourth-order valence-corrected chi connectivity index (χ4v) is 3.37. The predicted octanol–water partition coefficient (Wildman–Crippen LogP) is 2.80. The second kappa shape index (κ2) is 6.91. The molecule has 5 nitrogen and oxygen atoms in total. The number of sulfonamides is 1. The monoisotopic (exact) mass is 340 g/mol. The maximum atomic E-state index is 12.3. The predicted molar refractivity (Wildman–Crippen MR) is 95.4 cm³/mol. The van der Waals surface area contributed by atoms with Gasteiger partial charge in [0.1, 0.15) is 6.54 Å². The molecule has 0 fully saturated rings. The molecule has 0 saturated carbocycles. The van der Waals surface area contributed by atoms with E-state index in [1.165, 1.54) is 4.31 Å². The first-order valence-corrected chi connectivity index (χ1v) is 9.56. The maximum Gasteiger partial charge on any atom is 0.241 e. The van der Waals surface area contributed by atoms with Gasteiger partial charge in [-0.15, -0.1) is 0 Å². The van der Waals surface area contributed by atoms with E-state index in [1.807, 2.05) is 59.7 Å². The number of benzene rings is 1. The second-order valence-electron chi connectivity index (χ2n) is 7.24. The summed E-state index contributed by atoms with van der Waals surface area (Å²) in [5.74, 6) is -0.166. The number of amides is 1. The largest absolute Gasteiger partial charge is 0.350 e. The Hall–Kier alpha value is -1.56. The van der Waals surface area contributed by atoms with Crippen molar-refractivity contribution in [2.45, 2.75) is 53.0 Å². The van der Waals surface area contributed by atoms with Crippen LogP contribution in [0.25, 0.3) is 0 Å². The average Bonchev–Trinajstić information content (AvgIpc) is 2.32. The number of nitrogens with one attached hydrogen (secondary N) is 1. The van der Waals surface area contributed by atoms with E-state index in [-0.39, 0.29) is 18.4 Å². The third kappa shape index (κ3) is 5.53. The third-order valence-electron chi connectivity index (χ3n) is 3.34. The van der Waals surface area contributed by atoms with Gasteiger partial charge >= 0.3 is 0 Å². The van der Waals surface area contributed by atoms with Gasteiger partial charge in [0.2, 0.25) is 15.9 Å². The second-order valence-corrected chi connectivity index (χ2v) is 9.14. The van der Waals surface area contributed by atoms with E-state index in [9.17, 15) is 13.2 Å². The Morgan fingerprint density at radius 3 is 2.26 bits per heavy atom. The van der Waals surface area contributed by atoms with Crippen molar-refractivity contribution < 1.29 is 13.2 Å². The topological polar surface area (TPSA) is 66.5 Å². The number of carbonyl (C=O) groups is 1. The maximum absolute atomic E-state index is 12.3. The Bertz CT molecular complexity index is 674. The molecule has 0 saturated heterocycles. The molecule has 0 atom stereocenters. The molecule has 130 valence electrons. The van der Waals surface area contributed by atoms with E-state index in [2.05, 4.69) is 5.32 Å². The highest BCUT2D eigenvalue weighted by atomic mass is 32.2. The summed E-state index contributed by atoms with van der Waals surface area (Å²) in [5.41, 5.74) is 1.95. The van der Waals surface area contributed by atoms with Crippen LogP contribution in [0.4, 0.5) is 5.69 Å². The molecule has 0 aliphatic carbocycles. The van der Waals surface area contributed by atoms with Crippen molar-refractivity contribution in [3.63, 3.8) is 0 Å². The van der Waals surface area contributed by atoms with E-state index in [4.69, 9.17) is 0 Å². The minimum atomic E-state index is -3.57. The summed E-state index contributed by atoms with van der Waals surface area (Å²) >= 11 is 0. The van der Waals surface area contributed by atoms with Crippen molar-refractivity contribution in [2.75, 3.05) is 17.1 Å². The summed E-state index contributed by atoms with van der Waals surface area (Å²) in [6.07, 6.45) is 1.13. The summed E-state index contributed by atoms with van der Waals surface area (Å²) in [4.78, 5) is 12.3. The van der Waals surface area contributed by atoms with E-state index in [0.717, 1.165) is 17.4 Å². The van der Waals surface area contributed by atoms with Crippen LogP contribution in [0, 0.1) is 6.92 Å². The summed E-state index contributed by atoms with van der Waals surface area (Å²) in [7, 11) is -3.57. The SMILES string of the molecule is Cc1cccc(C(C)C)c1N(CC(=O)NC(C)(C)C)S(C)(=O)=O. The molecule has 1 rings (SSSR count). The molecule has 6 heteroatoms. The van der Waals surface area contributed by atoms with Gasteiger partial charge in [-0.25, -0.2) is 8.42 Å². The number of para-hydroxylation sites is 1. The Kier molecular flexibility index (Phi) is 5.85.